The van der Waals surface area contributed by atoms with Crippen LogP contribution in [0, 0.1) is 0 Å². The Kier molecular flexibility index (Phi) is 4.88. The van der Waals surface area contributed by atoms with E-state index in [1.165, 1.54) is 16.2 Å². The fourth-order valence-corrected chi connectivity index (χ4v) is 3.45. The van der Waals surface area contributed by atoms with Crippen LogP contribution in [0.4, 0.5) is 0 Å². The van der Waals surface area contributed by atoms with Crippen LogP contribution in [0.1, 0.15) is 16.1 Å². The second kappa shape index (κ2) is 7.24. The van der Waals surface area contributed by atoms with Crippen molar-refractivity contribution in [3.63, 3.8) is 0 Å². The lowest BCUT2D eigenvalue weighted by Gasteiger charge is -2.10. The summed E-state index contributed by atoms with van der Waals surface area (Å²) in [5.74, 6) is -0.138. The molecule has 1 heterocycles. The van der Waals surface area contributed by atoms with Gasteiger partial charge in [0.1, 0.15) is 5.69 Å². The van der Waals surface area contributed by atoms with E-state index in [1.54, 1.807) is 22.7 Å². The van der Waals surface area contributed by atoms with Gasteiger partial charge in [-0.3, -0.25) is 4.79 Å². The largest absolute Gasteiger partial charge is 0.347 e. The van der Waals surface area contributed by atoms with E-state index in [4.69, 9.17) is 0 Å². The van der Waals surface area contributed by atoms with Crippen LogP contribution in [0.2, 0.25) is 0 Å². The molecule has 0 aliphatic rings. The summed E-state index contributed by atoms with van der Waals surface area (Å²) < 4.78 is 0. The molecule has 0 aliphatic carbocycles. The van der Waals surface area contributed by atoms with Crippen molar-refractivity contribution in [3.8, 4) is 0 Å². The third-order valence-electron chi connectivity index (χ3n) is 3.05. The maximum Gasteiger partial charge on any atom is 0.271 e. The number of carbonyl (C=O) groups excluding carboxylic acids is 1. The number of carbonyl (C=O) groups is 1. The Morgan fingerprint density at radius 1 is 1.09 bits per heavy atom. The molecule has 2 aromatic carbocycles. The predicted octanol–water partition coefficient (Wildman–Crippen LogP) is 4.22. The number of nitrogens with zero attached hydrogens (tertiary/aromatic N) is 1. The first-order valence-electron chi connectivity index (χ1n) is 6.80. The summed E-state index contributed by atoms with van der Waals surface area (Å²) in [6.07, 6.45) is 0. The Bertz CT molecular complexity index is 742. The molecule has 0 bridgehead atoms. The van der Waals surface area contributed by atoms with Crippen LogP contribution in [-0.2, 0) is 6.54 Å². The Morgan fingerprint density at radius 3 is 2.64 bits per heavy atom. The first-order chi connectivity index (χ1) is 10.8. The van der Waals surface area contributed by atoms with Crippen LogP contribution < -0.4 is 5.32 Å². The van der Waals surface area contributed by atoms with Crippen LogP contribution in [0.25, 0.3) is 0 Å². The van der Waals surface area contributed by atoms with Crippen LogP contribution in [0.3, 0.4) is 0 Å². The van der Waals surface area contributed by atoms with Gasteiger partial charge in [0.05, 0.1) is 5.51 Å². The van der Waals surface area contributed by atoms with Crippen LogP contribution in [0.15, 0.2) is 75.3 Å². The fourth-order valence-electron chi connectivity index (χ4n) is 1.96. The van der Waals surface area contributed by atoms with E-state index in [0.29, 0.717) is 12.2 Å². The molecule has 22 heavy (non-hydrogen) atoms. The summed E-state index contributed by atoms with van der Waals surface area (Å²) in [6.45, 7) is 0.492. The highest BCUT2D eigenvalue weighted by Crippen LogP contribution is 2.30. The molecule has 3 nitrogen and oxygen atoms in total. The highest BCUT2D eigenvalue weighted by Gasteiger charge is 2.09. The predicted molar refractivity (Wildman–Crippen MR) is 90.3 cm³/mol. The second-order valence-electron chi connectivity index (χ2n) is 4.58. The van der Waals surface area contributed by atoms with Gasteiger partial charge < -0.3 is 5.32 Å². The van der Waals surface area contributed by atoms with Gasteiger partial charge in [-0.1, -0.05) is 48.2 Å². The van der Waals surface area contributed by atoms with E-state index in [0.717, 1.165) is 10.5 Å². The van der Waals surface area contributed by atoms with Gasteiger partial charge in [0.15, 0.2) is 0 Å². The highest BCUT2D eigenvalue weighted by atomic mass is 32.2. The summed E-state index contributed by atoms with van der Waals surface area (Å²) in [4.78, 5) is 18.3. The van der Waals surface area contributed by atoms with Gasteiger partial charge in [-0.05, 0) is 23.8 Å². The summed E-state index contributed by atoms with van der Waals surface area (Å²) >= 11 is 3.12. The van der Waals surface area contributed by atoms with Crippen LogP contribution >= 0.6 is 23.1 Å². The standard InChI is InChI=1S/C17H14N2OS2/c20-17(15-11-21-12-19-15)18-10-13-6-4-5-9-16(13)22-14-7-2-1-3-8-14/h1-9,11-12H,10H2,(H,18,20). The monoisotopic (exact) mass is 326 g/mol. The smallest absolute Gasteiger partial charge is 0.271 e. The summed E-state index contributed by atoms with van der Waals surface area (Å²) in [7, 11) is 0. The van der Waals surface area contributed by atoms with Crippen molar-refractivity contribution in [2.75, 3.05) is 0 Å². The van der Waals surface area contributed by atoms with Gasteiger partial charge in [0.25, 0.3) is 5.91 Å². The summed E-state index contributed by atoms with van der Waals surface area (Å²) in [5, 5.41) is 4.67. The quantitative estimate of drug-likeness (QED) is 0.763. The number of thiazole rings is 1. The lowest BCUT2D eigenvalue weighted by molar-refractivity contribution is 0.0946. The molecule has 1 amide bonds. The number of hydrogen-bond donors (Lipinski definition) is 1. The molecule has 0 spiro atoms. The SMILES string of the molecule is O=C(NCc1ccccc1Sc1ccccc1)c1cscn1. The van der Waals surface area contributed by atoms with Crippen molar-refractivity contribution in [1.82, 2.24) is 10.3 Å². The molecule has 0 unspecified atom stereocenters. The minimum Gasteiger partial charge on any atom is -0.347 e. The van der Waals surface area contributed by atoms with Crippen molar-refractivity contribution in [3.05, 3.63) is 76.7 Å². The Labute approximate surface area is 137 Å². The first kappa shape index (κ1) is 14.8. The van der Waals surface area contributed by atoms with Crippen molar-refractivity contribution >= 4 is 29.0 Å². The third kappa shape index (κ3) is 3.75. The highest BCUT2D eigenvalue weighted by molar-refractivity contribution is 7.99. The van der Waals surface area contributed by atoms with Crippen LogP contribution in [-0.4, -0.2) is 10.9 Å². The molecule has 0 aliphatic heterocycles. The Morgan fingerprint density at radius 2 is 1.86 bits per heavy atom. The van der Waals surface area contributed by atoms with Crippen molar-refractivity contribution in [2.45, 2.75) is 16.3 Å². The molecule has 0 saturated heterocycles. The van der Waals surface area contributed by atoms with E-state index in [-0.39, 0.29) is 5.91 Å². The molecule has 5 heteroatoms. The van der Waals surface area contributed by atoms with Gasteiger partial charge >= 0.3 is 0 Å². The van der Waals surface area contributed by atoms with E-state index in [9.17, 15) is 4.79 Å². The Balaban J connectivity index is 1.70. The van der Waals surface area contributed by atoms with E-state index in [2.05, 4.69) is 28.5 Å². The number of aromatic nitrogens is 1. The normalized spacial score (nSPS) is 10.4. The number of rotatable bonds is 5. The van der Waals surface area contributed by atoms with E-state index < -0.39 is 0 Å². The molecule has 1 N–H and O–H groups in total. The van der Waals surface area contributed by atoms with E-state index in [1.807, 2.05) is 36.4 Å². The number of hydrogen-bond acceptors (Lipinski definition) is 4. The average molecular weight is 326 g/mol. The third-order valence-corrected chi connectivity index (χ3v) is 4.76. The molecule has 0 radical (unpaired) electrons. The summed E-state index contributed by atoms with van der Waals surface area (Å²) in [6, 6.07) is 18.3. The number of nitrogens with one attached hydrogen (secondary N) is 1. The molecular formula is C17H14N2OS2. The molecule has 1 aromatic heterocycles. The zero-order valence-electron chi connectivity index (χ0n) is 11.7. The van der Waals surface area contributed by atoms with Gasteiger partial charge in [0, 0.05) is 21.7 Å². The Hall–Kier alpha value is -2.11. The maximum absolute atomic E-state index is 12.0. The minimum atomic E-state index is -0.138. The molecular weight excluding hydrogens is 312 g/mol. The van der Waals surface area contributed by atoms with Gasteiger partial charge in [-0.2, -0.15) is 0 Å². The first-order valence-corrected chi connectivity index (χ1v) is 8.56. The van der Waals surface area contributed by atoms with Gasteiger partial charge in [0.2, 0.25) is 0 Å². The number of amides is 1. The molecule has 0 saturated carbocycles. The van der Waals surface area contributed by atoms with Crippen LogP contribution in [0.5, 0.6) is 0 Å². The molecule has 0 fully saturated rings. The average Bonchev–Trinajstić information content (AvgIpc) is 3.09. The molecule has 3 aromatic rings. The lowest BCUT2D eigenvalue weighted by Crippen LogP contribution is -2.23. The topological polar surface area (TPSA) is 42.0 Å². The van der Waals surface area contributed by atoms with Gasteiger partial charge in [-0.25, -0.2) is 4.98 Å². The van der Waals surface area contributed by atoms with Gasteiger partial charge in [-0.15, -0.1) is 11.3 Å². The maximum atomic E-state index is 12.0. The fraction of sp³-hybridized carbons (Fsp3) is 0.0588. The van der Waals surface area contributed by atoms with Crippen molar-refractivity contribution < 1.29 is 4.79 Å². The zero-order chi connectivity index (χ0) is 15.2. The second-order valence-corrected chi connectivity index (χ2v) is 6.41. The number of benzene rings is 2. The molecule has 3 rings (SSSR count). The van der Waals surface area contributed by atoms with Crippen molar-refractivity contribution in [2.24, 2.45) is 0 Å². The molecule has 110 valence electrons. The molecule has 0 atom stereocenters. The minimum absolute atomic E-state index is 0.138. The van der Waals surface area contributed by atoms with Crippen molar-refractivity contribution in [1.29, 1.82) is 0 Å². The lowest BCUT2D eigenvalue weighted by atomic mass is 10.2. The summed E-state index contributed by atoms with van der Waals surface area (Å²) in [5.41, 5.74) is 3.23. The zero-order valence-corrected chi connectivity index (χ0v) is 13.4. The van der Waals surface area contributed by atoms with E-state index >= 15 is 0 Å².